The first-order chi connectivity index (χ1) is 10.5. The van der Waals surface area contributed by atoms with Crippen molar-refractivity contribution < 1.29 is 9.13 Å². The molecule has 1 aliphatic rings. The molecule has 1 aromatic heterocycles. The zero-order valence-electron chi connectivity index (χ0n) is 11.7. The fourth-order valence-corrected chi connectivity index (χ4v) is 2.59. The molecular formula is C16H12FN3O2. The molecule has 2 aromatic rings. The first kappa shape index (κ1) is 13.9. The van der Waals surface area contributed by atoms with Crippen molar-refractivity contribution in [1.29, 1.82) is 5.26 Å². The van der Waals surface area contributed by atoms with Gasteiger partial charge >= 0.3 is 0 Å². The summed E-state index contributed by atoms with van der Waals surface area (Å²) in [4.78, 5) is 15.0. The monoisotopic (exact) mass is 297 g/mol. The third-order valence-corrected chi connectivity index (χ3v) is 3.55. The highest BCUT2D eigenvalue weighted by Gasteiger charge is 2.33. The van der Waals surface area contributed by atoms with Crippen molar-refractivity contribution in [3.05, 3.63) is 74.8 Å². The lowest BCUT2D eigenvalue weighted by Gasteiger charge is -2.25. The van der Waals surface area contributed by atoms with Crippen LogP contribution in [0.15, 0.2) is 46.6 Å². The van der Waals surface area contributed by atoms with Gasteiger partial charge in [-0.2, -0.15) is 5.26 Å². The van der Waals surface area contributed by atoms with Gasteiger partial charge in [0.2, 0.25) is 5.88 Å². The molecule has 5 nitrogen and oxygen atoms in total. The number of pyridine rings is 1. The van der Waals surface area contributed by atoms with Gasteiger partial charge in [-0.15, -0.1) is 0 Å². The van der Waals surface area contributed by atoms with Crippen molar-refractivity contribution in [3.63, 3.8) is 0 Å². The van der Waals surface area contributed by atoms with Crippen LogP contribution >= 0.6 is 0 Å². The third kappa shape index (κ3) is 2.13. The Labute approximate surface area is 125 Å². The number of fused-ring (bicyclic) bond motifs is 1. The van der Waals surface area contributed by atoms with Gasteiger partial charge in [-0.3, -0.25) is 4.79 Å². The summed E-state index contributed by atoms with van der Waals surface area (Å²) < 4.78 is 18.6. The molecule has 0 radical (unpaired) electrons. The number of allylic oxidation sites excluding steroid dienone is 1. The zero-order chi connectivity index (χ0) is 15.9. The molecule has 110 valence electrons. The van der Waals surface area contributed by atoms with Crippen molar-refractivity contribution in [2.75, 3.05) is 0 Å². The molecule has 1 atom stereocenters. The molecule has 0 unspecified atom stereocenters. The zero-order valence-corrected chi connectivity index (χ0v) is 11.7. The van der Waals surface area contributed by atoms with E-state index in [1.807, 2.05) is 6.07 Å². The third-order valence-electron chi connectivity index (χ3n) is 3.55. The number of aromatic nitrogens is 1. The molecule has 0 spiro atoms. The van der Waals surface area contributed by atoms with Gasteiger partial charge < -0.3 is 15.5 Å². The summed E-state index contributed by atoms with van der Waals surface area (Å²) in [7, 11) is 0. The Morgan fingerprint density at radius 1 is 1.36 bits per heavy atom. The van der Waals surface area contributed by atoms with Crippen molar-refractivity contribution in [2.45, 2.75) is 12.8 Å². The number of ether oxygens (including phenoxy) is 1. The molecule has 0 amide bonds. The van der Waals surface area contributed by atoms with Crippen LogP contribution in [-0.2, 0) is 0 Å². The fourth-order valence-electron chi connectivity index (χ4n) is 2.59. The lowest BCUT2D eigenvalue weighted by atomic mass is 9.84. The predicted molar refractivity (Wildman–Crippen MR) is 77.5 cm³/mol. The Bertz CT molecular complexity index is 876. The molecule has 1 aliphatic heterocycles. The minimum atomic E-state index is -0.682. The summed E-state index contributed by atoms with van der Waals surface area (Å²) in [6, 6.07) is 9.24. The van der Waals surface area contributed by atoms with Gasteiger partial charge in [0.05, 0.1) is 11.5 Å². The Balaban J connectivity index is 2.29. The molecule has 3 N–H and O–H groups in total. The molecule has 0 saturated heterocycles. The van der Waals surface area contributed by atoms with Gasteiger partial charge in [0.15, 0.2) is 0 Å². The van der Waals surface area contributed by atoms with E-state index in [2.05, 4.69) is 4.98 Å². The molecule has 3 rings (SSSR count). The molecule has 6 heteroatoms. The molecule has 0 aliphatic carbocycles. The Kier molecular flexibility index (Phi) is 3.18. The first-order valence-electron chi connectivity index (χ1n) is 6.58. The lowest BCUT2D eigenvalue weighted by Crippen LogP contribution is -2.28. The lowest BCUT2D eigenvalue weighted by molar-refractivity contribution is 0.391. The average molecular weight is 297 g/mol. The quantitative estimate of drug-likeness (QED) is 0.842. The van der Waals surface area contributed by atoms with Crippen LogP contribution in [0, 0.1) is 24.1 Å². The van der Waals surface area contributed by atoms with E-state index in [-0.39, 0.29) is 17.0 Å². The second kappa shape index (κ2) is 5.04. The molecule has 1 aromatic carbocycles. The van der Waals surface area contributed by atoms with Crippen LogP contribution in [0.25, 0.3) is 0 Å². The number of aromatic amines is 1. The van der Waals surface area contributed by atoms with Crippen LogP contribution < -0.4 is 16.0 Å². The molecule has 0 saturated carbocycles. The summed E-state index contributed by atoms with van der Waals surface area (Å²) in [5.74, 6) is -0.815. The van der Waals surface area contributed by atoms with Crippen LogP contribution in [0.5, 0.6) is 5.75 Å². The van der Waals surface area contributed by atoms with Crippen LogP contribution in [0.4, 0.5) is 4.39 Å². The van der Waals surface area contributed by atoms with Gasteiger partial charge in [0, 0.05) is 11.8 Å². The highest BCUT2D eigenvalue weighted by Crippen LogP contribution is 2.39. The van der Waals surface area contributed by atoms with Crippen LogP contribution in [0.2, 0.25) is 0 Å². The number of benzene rings is 1. The standard InChI is InChI=1S/C16H12FN3O2/c1-8-6-12-14(16(21)20-8)13(11(7-18)15(19)22-12)9-2-4-10(17)5-3-9/h2-6,13H,19H2,1H3,(H,20,21)/t13-/m0/s1. The fraction of sp³-hybridized carbons (Fsp3) is 0.125. The van der Waals surface area contributed by atoms with Crippen LogP contribution in [-0.4, -0.2) is 4.98 Å². The van der Waals surface area contributed by atoms with Crippen molar-refractivity contribution in [3.8, 4) is 11.8 Å². The van der Waals surface area contributed by atoms with Crippen LogP contribution in [0.3, 0.4) is 0 Å². The minimum Gasteiger partial charge on any atom is -0.440 e. The van der Waals surface area contributed by atoms with Crippen molar-refractivity contribution >= 4 is 0 Å². The largest absolute Gasteiger partial charge is 0.440 e. The molecule has 0 bridgehead atoms. The summed E-state index contributed by atoms with van der Waals surface area (Å²) in [6.07, 6.45) is 0. The molecular weight excluding hydrogens is 285 g/mol. The Morgan fingerprint density at radius 3 is 2.68 bits per heavy atom. The summed E-state index contributed by atoms with van der Waals surface area (Å²) >= 11 is 0. The Morgan fingerprint density at radius 2 is 2.05 bits per heavy atom. The van der Waals surface area contributed by atoms with Gasteiger partial charge in [0.25, 0.3) is 5.56 Å². The topological polar surface area (TPSA) is 91.9 Å². The van der Waals surface area contributed by atoms with Gasteiger partial charge in [-0.1, -0.05) is 12.1 Å². The number of aryl methyl sites for hydroxylation is 1. The van der Waals surface area contributed by atoms with E-state index in [1.165, 1.54) is 24.3 Å². The summed E-state index contributed by atoms with van der Waals surface area (Å²) in [6.45, 7) is 1.72. The van der Waals surface area contributed by atoms with E-state index in [4.69, 9.17) is 10.5 Å². The number of H-pyrrole nitrogens is 1. The first-order valence-corrected chi connectivity index (χ1v) is 6.58. The van der Waals surface area contributed by atoms with Gasteiger partial charge in [0.1, 0.15) is 23.2 Å². The SMILES string of the molecule is Cc1cc2c(c(=O)[nH]1)[C@@H](c1ccc(F)cc1)C(C#N)=C(N)O2. The molecule has 2 heterocycles. The summed E-state index contributed by atoms with van der Waals surface area (Å²) in [5.41, 5.74) is 7.10. The van der Waals surface area contributed by atoms with Crippen molar-refractivity contribution in [2.24, 2.45) is 5.73 Å². The maximum atomic E-state index is 13.1. The maximum absolute atomic E-state index is 13.1. The summed E-state index contributed by atoms with van der Waals surface area (Å²) in [5, 5.41) is 9.36. The van der Waals surface area contributed by atoms with E-state index < -0.39 is 11.7 Å². The number of rotatable bonds is 1. The number of halogens is 1. The minimum absolute atomic E-state index is 0.0469. The highest BCUT2D eigenvalue weighted by atomic mass is 19.1. The number of hydrogen-bond donors (Lipinski definition) is 2. The number of nitrogens with zero attached hydrogens (tertiary/aromatic N) is 1. The Hall–Kier alpha value is -3.07. The van der Waals surface area contributed by atoms with E-state index in [9.17, 15) is 14.4 Å². The van der Waals surface area contributed by atoms with E-state index >= 15 is 0 Å². The van der Waals surface area contributed by atoms with E-state index in [0.717, 1.165) is 0 Å². The van der Waals surface area contributed by atoms with Crippen LogP contribution in [0.1, 0.15) is 22.7 Å². The van der Waals surface area contributed by atoms with Crippen molar-refractivity contribution in [1.82, 2.24) is 4.98 Å². The van der Waals surface area contributed by atoms with E-state index in [1.54, 1.807) is 13.0 Å². The van der Waals surface area contributed by atoms with Gasteiger partial charge in [-0.25, -0.2) is 4.39 Å². The average Bonchev–Trinajstić information content (AvgIpc) is 2.46. The number of nitrogens with two attached hydrogens (primary N) is 1. The maximum Gasteiger partial charge on any atom is 0.256 e. The van der Waals surface area contributed by atoms with E-state index in [0.29, 0.717) is 22.6 Å². The normalized spacial score (nSPS) is 16.7. The predicted octanol–water partition coefficient (Wildman–Crippen LogP) is 2.04. The second-order valence-electron chi connectivity index (χ2n) is 5.04. The highest BCUT2D eigenvalue weighted by molar-refractivity contribution is 5.54. The number of nitrogens with one attached hydrogen (secondary N) is 1. The van der Waals surface area contributed by atoms with Gasteiger partial charge in [-0.05, 0) is 24.6 Å². The smallest absolute Gasteiger partial charge is 0.256 e. The molecule has 0 fully saturated rings. The number of nitriles is 1. The number of hydrogen-bond acceptors (Lipinski definition) is 4. The molecule has 22 heavy (non-hydrogen) atoms. The second-order valence-corrected chi connectivity index (χ2v) is 5.04.